The van der Waals surface area contributed by atoms with Crippen LogP contribution in [-0.2, 0) is 9.84 Å². The highest BCUT2D eigenvalue weighted by Gasteiger charge is 2.43. The highest BCUT2D eigenvalue weighted by Crippen LogP contribution is 2.57. The van der Waals surface area contributed by atoms with E-state index in [-0.39, 0.29) is 0 Å². The van der Waals surface area contributed by atoms with Crippen molar-refractivity contribution in [2.24, 2.45) is 5.41 Å². The summed E-state index contributed by atoms with van der Waals surface area (Å²) in [5.74, 6) is 0.498. The average Bonchev–Trinajstić information content (AvgIpc) is 3.51. The summed E-state index contributed by atoms with van der Waals surface area (Å²) in [5, 5.41) is 1.02. The fourth-order valence-corrected chi connectivity index (χ4v) is 6.18. The van der Waals surface area contributed by atoms with Crippen molar-refractivity contribution in [1.29, 1.82) is 0 Å². The zero-order valence-electron chi connectivity index (χ0n) is 18.7. The number of allylic oxidation sites excluding steroid dienone is 2. The van der Waals surface area contributed by atoms with Crippen LogP contribution in [0.15, 0.2) is 41.3 Å². The van der Waals surface area contributed by atoms with Gasteiger partial charge in [-0.2, -0.15) is 0 Å². The normalized spacial score (nSPS) is 19.1. The van der Waals surface area contributed by atoms with Gasteiger partial charge in [0.2, 0.25) is 0 Å². The van der Waals surface area contributed by atoms with E-state index in [1.54, 1.807) is 19.2 Å². The van der Waals surface area contributed by atoms with E-state index in [0.29, 0.717) is 26.1 Å². The lowest BCUT2D eigenvalue weighted by Gasteiger charge is -2.24. The molecule has 0 heterocycles. The van der Waals surface area contributed by atoms with E-state index >= 15 is 0 Å². The first-order chi connectivity index (χ1) is 15.2. The predicted octanol–water partition coefficient (Wildman–Crippen LogP) is 7.84. The maximum Gasteiger partial charge on any atom is 0.175 e. The van der Waals surface area contributed by atoms with Crippen molar-refractivity contribution in [3.8, 4) is 5.75 Å². The minimum Gasteiger partial charge on any atom is -0.494 e. The largest absolute Gasteiger partial charge is 0.494 e. The number of methoxy groups -OCH3 is 1. The Kier molecular flexibility index (Phi) is 6.95. The SMILES string of the molecule is COc1c(Cl)cc(C2=C(c3ccc(S(C)(=O)=O)cc3)CCCCCCC3(CC3)C2)cc1Cl. The summed E-state index contributed by atoms with van der Waals surface area (Å²) in [4.78, 5) is 0.345. The number of sulfone groups is 1. The molecule has 0 bridgehead atoms. The van der Waals surface area contributed by atoms with E-state index < -0.39 is 9.84 Å². The molecule has 6 heteroatoms. The predicted molar refractivity (Wildman–Crippen MR) is 133 cm³/mol. The summed E-state index contributed by atoms with van der Waals surface area (Å²) in [7, 11) is -1.66. The van der Waals surface area contributed by atoms with Gasteiger partial charge in [-0.15, -0.1) is 0 Å². The van der Waals surface area contributed by atoms with Crippen LogP contribution in [0.1, 0.15) is 68.9 Å². The summed E-state index contributed by atoms with van der Waals surface area (Å²) in [6.45, 7) is 0. The third kappa shape index (κ3) is 5.18. The molecule has 172 valence electrons. The van der Waals surface area contributed by atoms with Gasteiger partial charge in [0.05, 0.1) is 22.1 Å². The minimum atomic E-state index is -3.23. The molecule has 2 aromatic rings. The number of hydrogen-bond donors (Lipinski definition) is 0. The van der Waals surface area contributed by atoms with Crippen LogP contribution in [0, 0.1) is 5.41 Å². The van der Waals surface area contributed by atoms with E-state index in [4.69, 9.17) is 27.9 Å². The molecular weight excluding hydrogens is 463 g/mol. The van der Waals surface area contributed by atoms with Crippen LogP contribution in [-0.4, -0.2) is 21.8 Å². The van der Waals surface area contributed by atoms with Crippen molar-refractivity contribution in [3.63, 3.8) is 0 Å². The van der Waals surface area contributed by atoms with E-state index in [9.17, 15) is 8.42 Å². The third-order valence-corrected chi connectivity index (χ3v) is 8.63. The van der Waals surface area contributed by atoms with E-state index in [1.165, 1.54) is 55.9 Å². The van der Waals surface area contributed by atoms with E-state index in [0.717, 1.165) is 30.4 Å². The highest BCUT2D eigenvalue weighted by molar-refractivity contribution is 7.90. The summed E-state index contributed by atoms with van der Waals surface area (Å²) < 4.78 is 29.3. The fourth-order valence-electron chi connectivity index (χ4n) is 4.91. The minimum absolute atomic E-state index is 0.345. The van der Waals surface area contributed by atoms with Crippen molar-refractivity contribution in [1.82, 2.24) is 0 Å². The van der Waals surface area contributed by atoms with Crippen LogP contribution in [0.3, 0.4) is 0 Å². The second kappa shape index (κ2) is 9.40. The monoisotopic (exact) mass is 492 g/mol. The van der Waals surface area contributed by atoms with Gasteiger partial charge in [-0.3, -0.25) is 0 Å². The molecule has 0 amide bonds. The Hall–Kier alpha value is -1.49. The van der Waals surface area contributed by atoms with Gasteiger partial charge in [-0.05, 0) is 90.5 Å². The van der Waals surface area contributed by atoms with Crippen LogP contribution in [0.4, 0.5) is 0 Å². The molecule has 32 heavy (non-hydrogen) atoms. The molecule has 3 nitrogen and oxygen atoms in total. The molecule has 0 radical (unpaired) electrons. The van der Waals surface area contributed by atoms with Crippen molar-refractivity contribution >= 4 is 44.2 Å². The van der Waals surface area contributed by atoms with Gasteiger partial charge in [0.25, 0.3) is 0 Å². The molecule has 0 aromatic heterocycles. The fraction of sp³-hybridized carbons (Fsp3) is 0.462. The molecule has 2 aromatic carbocycles. The molecule has 2 aliphatic rings. The zero-order valence-corrected chi connectivity index (χ0v) is 21.0. The Bertz CT molecular complexity index is 1110. The zero-order chi connectivity index (χ0) is 22.9. The smallest absolute Gasteiger partial charge is 0.175 e. The maximum absolute atomic E-state index is 12.0. The first-order valence-electron chi connectivity index (χ1n) is 11.3. The molecular formula is C26H30Cl2O3S. The van der Waals surface area contributed by atoms with Gasteiger partial charge in [0.15, 0.2) is 15.6 Å². The number of benzene rings is 2. The van der Waals surface area contributed by atoms with E-state index in [1.807, 2.05) is 24.3 Å². The Balaban J connectivity index is 1.88. The second-order valence-electron chi connectivity index (χ2n) is 9.32. The van der Waals surface area contributed by atoms with Crippen LogP contribution < -0.4 is 4.74 Å². The summed E-state index contributed by atoms with van der Waals surface area (Å²) >= 11 is 13.1. The van der Waals surface area contributed by atoms with Crippen molar-refractivity contribution < 1.29 is 13.2 Å². The summed E-state index contributed by atoms with van der Waals surface area (Å²) in [6, 6.07) is 11.3. The molecule has 1 saturated carbocycles. The molecule has 0 atom stereocenters. The first-order valence-corrected chi connectivity index (χ1v) is 13.9. The lowest BCUT2D eigenvalue weighted by Crippen LogP contribution is -2.06. The summed E-state index contributed by atoms with van der Waals surface area (Å²) in [5.41, 5.74) is 5.03. The number of ether oxygens (including phenoxy) is 1. The third-order valence-electron chi connectivity index (χ3n) is 6.94. The van der Waals surface area contributed by atoms with Gasteiger partial charge in [-0.1, -0.05) is 54.6 Å². The maximum atomic E-state index is 12.0. The molecule has 0 unspecified atom stereocenters. The molecule has 0 aliphatic heterocycles. The van der Waals surface area contributed by atoms with Gasteiger partial charge in [0, 0.05) is 6.26 Å². The Morgan fingerprint density at radius 1 is 0.844 bits per heavy atom. The van der Waals surface area contributed by atoms with Crippen molar-refractivity contribution in [2.45, 2.75) is 62.7 Å². The standard InChI is InChI=1S/C26H30Cl2O3S/c1-31-25-23(27)15-19(16-24(25)28)22-17-26(13-14-26)12-6-4-3-5-7-21(22)18-8-10-20(11-9-18)32(2,29)30/h8-11,15-16H,3-7,12-14,17H2,1-2H3. The van der Waals surface area contributed by atoms with Crippen LogP contribution >= 0.6 is 23.2 Å². The number of hydrogen-bond acceptors (Lipinski definition) is 3. The topological polar surface area (TPSA) is 43.4 Å². The number of rotatable bonds is 4. The first kappa shape index (κ1) is 23.7. The van der Waals surface area contributed by atoms with E-state index in [2.05, 4.69) is 0 Å². The van der Waals surface area contributed by atoms with Gasteiger partial charge in [0.1, 0.15) is 0 Å². The van der Waals surface area contributed by atoms with Gasteiger partial charge in [-0.25, -0.2) is 8.42 Å². The van der Waals surface area contributed by atoms with Gasteiger partial charge >= 0.3 is 0 Å². The van der Waals surface area contributed by atoms with Crippen molar-refractivity contribution in [3.05, 3.63) is 57.6 Å². The second-order valence-corrected chi connectivity index (χ2v) is 12.1. The molecule has 2 aliphatic carbocycles. The molecule has 0 saturated heterocycles. The van der Waals surface area contributed by atoms with Crippen LogP contribution in [0.2, 0.25) is 10.0 Å². The van der Waals surface area contributed by atoms with Crippen molar-refractivity contribution in [2.75, 3.05) is 13.4 Å². The molecule has 1 fully saturated rings. The van der Waals surface area contributed by atoms with Gasteiger partial charge < -0.3 is 4.74 Å². The average molecular weight is 493 g/mol. The lowest BCUT2D eigenvalue weighted by atomic mass is 9.81. The summed E-state index contributed by atoms with van der Waals surface area (Å²) in [6.07, 6.45) is 11.8. The molecule has 1 spiro atoms. The quantitative estimate of drug-likeness (QED) is 0.436. The highest BCUT2D eigenvalue weighted by atomic mass is 35.5. The van der Waals surface area contributed by atoms with Crippen LogP contribution in [0.25, 0.3) is 11.1 Å². The van der Waals surface area contributed by atoms with Crippen LogP contribution in [0.5, 0.6) is 5.75 Å². The Morgan fingerprint density at radius 3 is 2.03 bits per heavy atom. The Morgan fingerprint density at radius 2 is 1.47 bits per heavy atom. The number of halogens is 2. The molecule has 4 rings (SSSR count). The lowest BCUT2D eigenvalue weighted by molar-refractivity contribution is 0.415. The molecule has 0 N–H and O–H groups in total. The Labute approximate surface area is 201 Å².